The molecule has 124 valence electrons. The van der Waals surface area contributed by atoms with Gasteiger partial charge in [0.15, 0.2) is 0 Å². The van der Waals surface area contributed by atoms with Crippen molar-refractivity contribution >= 4 is 17.4 Å². The molecule has 0 aliphatic heterocycles. The largest absolute Gasteiger partial charge is 0.455 e. The molecule has 0 amide bonds. The van der Waals surface area contributed by atoms with Crippen LogP contribution in [0.3, 0.4) is 0 Å². The number of carbonyl (C=O) groups is 1. The van der Waals surface area contributed by atoms with Gasteiger partial charge in [0, 0.05) is 5.41 Å². The third-order valence-corrected chi connectivity index (χ3v) is 3.52. The minimum Gasteiger partial charge on any atom is -0.284 e. The van der Waals surface area contributed by atoms with Crippen molar-refractivity contribution in [1.82, 2.24) is 10.2 Å². The molecule has 0 fully saturated rings. The lowest BCUT2D eigenvalue weighted by molar-refractivity contribution is -0.0885. The molecule has 2 aromatic rings. The van der Waals surface area contributed by atoms with Crippen LogP contribution in [0, 0.1) is 5.82 Å². The number of rotatable bonds is 2. The summed E-state index contributed by atoms with van der Waals surface area (Å²) in [4.78, 5) is 11.9. The molecular weight excluding hydrogens is 336 g/mol. The highest BCUT2D eigenvalue weighted by Gasteiger charge is 2.44. The van der Waals surface area contributed by atoms with Gasteiger partial charge in [-0.05, 0) is 12.1 Å². The van der Waals surface area contributed by atoms with E-state index in [-0.39, 0.29) is 16.3 Å². The number of H-pyrrole nitrogens is 1. The van der Waals surface area contributed by atoms with Crippen LogP contribution in [0.1, 0.15) is 36.8 Å². The fourth-order valence-electron chi connectivity index (χ4n) is 2.15. The van der Waals surface area contributed by atoms with Gasteiger partial charge in [-0.15, -0.1) is 0 Å². The van der Waals surface area contributed by atoms with Crippen molar-refractivity contribution in [2.75, 3.05) is 0 Å². The number of Topliss-reactive ketones (excluding diaryl/α,β-unsaturated/α-hetero) is 1. The third-order valence-electron chi connectivity index (χ3n) is 3.20. The topological polar surface area (TPSA) is 45.8 Å². The number of nitrogens with zero attached hydrogens (tertiary/aromatic N) is 1. The molecule has 1 aromatic heterocycles. The Morgan fingerprint density at radius 3 is 2.30 bits per heavy atom. The van der Waals surface area contributed by atoms with Gasteiger partial charge in [-0.1, -0.05) is 38.4 Å². The molecule has 0 aliphatic rings. The Morgan fingerprint density at radius 2 is 1.83 bits per heavy atom. The number of benzene rings is 1. The van der Waals surface area contributed by atoms with Gasteiger partial charge in [0.2, 0.25) is 0 Å². The molecule has 0 aliphatic carbocycles. The van der Waals surface area contributed by atoms with Crippen LogP contribution in [0.4, 0.5) is 17.6 Å². The fourth-order valence-corrected chi connectivity index (χ4v) is 2.40. The summed E-state index contributed by atoms with van der Waals surface area (Å²) < 4.78 is 52.9. The summed E-state index contributed by atoms with van der Waals surface area (Å²) in [5.74, 6) is -2.95. The number of alkyl halides is 3. The maximum Gasteiger partial charge on any atom is 0.455 e. The Hall–Kier alpha value is -1.89. The molecular formula is C15H13ClF4N2O. The summed E-state index contributed by atoms with van der Waals surface area (Å²) in [6, 6.07) is 3.66. The van der Waals surface area contributed by atoms with E-state index in [1.165, 1.54) is 12.1 Å². The molecule has 0 radical (unpaired) electrons. The standard InChI is InChI=1S/C15H13ClF4N2O/c1-14(2,3)12-10(13(23)15(18,19)20)11(21-22-12)9-7(16)5-4-6-8(9)17/h4-6H,1-3H3,(H,21,22). The van der Waals surface area contributed by atoms with Gasteiger partial charge in [-0.3, -0.25) is 9.89 Å². The average Bonchev–Trinajstić information content (AvgIpc) is 2.80. The van der Waals surface area contributed by atoms with Crippen molar-refractivity contribution in [3.8, 4) is 11.3 Å². The normalized spacial score (nSPS) is 12.5. The molecule has 8 heteroatoms. The molecule has 1 aromatic carbocycles. The van der Waals surface area contributed by atoms with Crippen molar-refractivity contribution in [3.05, 3.63) is 40.3 Å². The second-order valence-electron chi connectivity index (χ2n) is 6.00. The second-order valence-corrected chi connectivity index (χ2v) is 6.40. The van der Waals surface area contributed by atoms with Crippen LogP contribution in [0.25, 0.3) is 11.3 Å². The molecule has 0 saturated heterocycles. The lowest BCUT2D eigenvalue weighted by Gasteiger charge is -2.19. The summed E-state index contributed by atoms with van der Waals surface area (Å²) in [6.45, 7) is 4.83. The number of hydrogen-bond donors (Lipinski definition) is 1. The number of hydrogen-bond acceptors (Lipinski definition) is 2. The number of carbonyl (C=O) groups excluding carboxylic acids is 1. The van der Waals surface area contributed by atoms with E-state index in [2.05, 4.69) is 10.2 Å². The Bertz CT molecular complexity index is 740. The van der Waals surface area contributed by atoms with Crippen LogP contribution in [0.2, 0.25) is 5.02 Å². The maximum absolute atomic E-state index is 14.1. The Labute approximate surface area is 134 Å². The summed E-state index contributed by atoms with van der Waals surface area (Å²) in [6.07, 6.45) is -5.11. The first-order valence-electron chi connectivity index (χ1n) is 6.59. The molecule has 0 atom stereocenters. The quantitative estimate of drug-likeness (QED) is 0.619. The third kappa shape index (κ3) is 3.24. The van der Waals surface area contributed by atoms with E-state index < -0.39 is 34.4 Å². The summed E-state index contributed by atoms with van der Waals surface area (Å²) in [7, 11) is 0. The van der Waals surface area contributed by atoms with Crippen molar-refractivity contribution in [3.63, 3.8) is 0 Å². The van der Waals surface area contributed by atoms with Gasteiger partial charge in [-0.2, -0.15) is 18.3 Å². The van der Waals surface area contributed by atoms with E-state index in [9.17, 15) is 22.4 Å². The van der Waals surface area contributed by atoms with E-state index in [4.69, 9.17) is 11.6 Å². The Kier molecular flexibility index (Phi) is 4.28. The molecule has 0 unspecified atom stereocenters. The lowest BCUT2D eigenvalue weighted by atomic mass is 9.86. The minimum absolute atomic E-state index is 0.0332. The number of ketones is 1. The van der Waals surface area contributed by atoms with Crippen LogP contribution >= 0.6 is 11.6 Å². The minimum atomic E-state index is -5.11. The zero-order valence-corrected chi connectivity index (χ0v) is 13.2. The summed E-state index contributed by atoms with van der Waals surface area (Å²) >= 11 is 5.89. The van der Waals surface area contributed by atoms with Gasteiger partial charge in [0.1, 0.15) is 11.5 Å². The van der Waals surface area contributed by atoms with E-state index in [0.29, 0.717) is 0 Å². The summed E-state index contributed by atoms with van der Waals surface area (Å²) in [5, 5.41) is 6.03. The van der Waals surface area contributed by atoms with E-state index in [1.807, 2.05) is 0 Å². The van der Waals surface area contributed by atoms with Crippen LogP contribution in [0.15, 0.2) is 18.2 Å². The number of nitrogens with one attached hydrogen (secondary N) is 1. The highest BCUT2D eigenvalue weighted by molar-refractivity contribution is 6.33. The number of aromatic amines is 1. The first kappa shape index (κ1) is 17.5. The molecule has 3 nitrogen and oxygen atoms in total. The Balaban J connectivity index is 2.81. The molecule has 1 heterocycles. The average molecular weight is 349 g/mol. The number of aromatic nitrogens is 2. The molecule has 1 N–H and O–H groups in total. The lowest BCUT2D eigenvalue weighted by Crippen LogP contribution is -2.27. The van der Waals surface area contributed by atoms with Crippen molar-refractivity contribution in [1.29, 1.82) is 0 Å². The zero-order chi connectivity index (χ0) is 17.6. The first-order valence-corrected chi connectivity index (χ1v) is 6.97. The van der Waals surface area contributed by atoms with Gasteiger partial charge >= 0.3 is 6.18 Å². The van der Waals surface area contributed by atoms with Gasteiger partial charge in [0.25, 0.3) is 5.78 Å². The van der Waals surface area contributed by atoms with Crippen LogP contribution in [-0.4, -0.2) is 22.2 Å². The van der Waals surface area contributed by atoms with Crippen molar-refractivity contribution < 1.29 is 22.4 Å². The molecule has 2 rings (SSSR count). The maximum atomic E-state index is 14.1. The zero-order valence-electron chi connectivity index (χ0n) is 12.5. The van der Waals surface area contributed by atoms with Gasteiger partial charge < -0.3 is 0 Å². The fraction of sp³-hybridized carbons (Fsp3) is 0.333. The summed E-state index contributed by atoms with van der Waals surface area (Å²) in [5.41, 5.74) is -2.36. The van der Waals surface area contributed by atoms with Crippen molar-refractivity contribution in [2.24, 2.45) is 0 Å². The van der Waals surface area contributed by atoms with Gasteiger partial charge in [0.05, 0.1) is 21.8 Å². The molecule has 0 bridgehead atoms. The Morgan fingerprint density at radius 1 is 1.22 bits per heavy atom. The predicted molar refractivity (Wildman–Crippen MR) is 78.1 cm³/mol. The van der Waals surface area contributed by atoms with Gasteiger partial charge in [-0.25, -0.2) is 4.39 Å². The molecule has 0 spiro atoms. The first-order chi connectivity index (χ1) is 10.4. The van der Waals surface area contributed by atoms with Crippen molar-refractivity contribution in [2.45, 2.75) is 32.4 Å². The number of halogens is 5. The molecule has 23 heavy (non-hydrogen) atoms. The predicted octanol–water partition coefficient (Wildman–Crippen LogP) is 4.91. The molecule has 0 saturated carbocycles. The smallest absolute Gasteiger partial charge is 0.284 e. The SMILES string of the molecule is CC(C)(C)c1[nH]nc(-c2c(F)cccc2Cl)c1C(=O)C(F)(F)F. The highest BCUT2D eigenvalue weighted by Crippen LogP contribution is 2.38. The highest BCUT2D eigenvalue weighted by atomic mass is 35.5. The van der Waals surface area contributed by atoms with E-state index in [0.717, 1.165) is 6.07 Å². The van der Waals surface area contributed by atoms with Crippen LogP contribution < -0.4 is 0 Å². The van der Waals surface area contributed by atoms with E-state index in [1.54, 1.807) is 20.8 Å². The second kappa shape index (κ2) is 5.63. The van der Waals surface area contributed by atoms with Crippen LogP contribution in [-0.2, 0) is 5.41 Å². The van der Waals surface area contributed by atoms with E-state index >= 15 is 0 Å². The van der Waals surface area contributed by atoms with Crippen LogP contribution in [0.5, 0.6) is 0 Å². The monoisotopic (exact) mass is 348 g/mol.